The monoisotopic (exact) mass is 446 g/mol. The summed E-state index contributed by atoms with van der Waals surface area (Å²) in [6.07, 6.45) is -1.77. The minimum atomic E-state index is -5.39. The maximum atomic E-state index is 11.7. The Kier molecular flexibility index (Phi) is 9.14. The molecule has 12 nitrogen and oxygen atoms in total. The van der Waals surface area contributed by atoms with Gasteiger partial charge in [0, 0.05) is 6.16 Å². The highest BCUT2D eigenvalue weighted by molar-refractivity contribution is 7.72. The van der Waals surface area contributed by atoms with Gasteiger partial charge < -0.3 is 39.1 Å². The van der Waals surface area contributed by atoms with E-state index in [1.165, 1.54) is 0 Å². The molecule has 0 aliphatic rings. The summed E-state index contributed by atoms with van der Waals surface area (Å²) in [7, 11) is -19.6. The van der Waals surface area contributed by atoms with Crippen molar-refractivity contribution in [2.45, 2.75) is 30.6 Å². The lowest BCUT2D eigenvalue weighted by Crippen LogP contribution is -2.28. The zero-order chi connectivity index (χ0) is 20.2. The van der Waals surface area contributed by atoms with E-state index >= 15 is 0 Å². The zero-order valence-electron chi connectivity index (χ0n) is 12.9. The molecule has 0 saturated carbocycles. The van der Waals surface area contributed by atoms with Gasteiger partial charge in [0.05, 0.1) is 6.16 Å². The Morgan fingerprint density at radius 3 is 1.52 bits per heavy atom. The van der Waals surface area contributed by atoms with Crippen molar-refractivity contribution in [3.05, 3.63) is 12.2 Å². The van der Waals surface area contributed by atoms with E-state index in [4.69, 9.17) is 19.6 Å². The fourth-order valence-electron chi connectivity index (χ4n) is 2.01. The molecule has 0 spiro atoms. The van der Waals surface area contributed by atoms with Gasteiger partial charge in [0.25, 0.3) is 0 Å². The molecule has 0 amide bonds. The van der Waals surface area contributed by atoms with Crippen molar-refractivity contribution in [3.8, 4) is 0 Å². The first-order valence-corrected chi connectivity index (χ1v) is 13.6. The summed E-state index contributed by atoms with van der Waals surface area (Å²) in [5, 5.41) is 0. The number of hydrogen-bond acceptors (Lipinski definition) is 4. The number of hydrogen-bond donors (Lipinski definition) is 8. The van der Waals surface area contributed by atoms with E-state index in [9.17, 15) is 37.8 Å². The highest BCUT2D eigenvalue weighted by Crippen LogP contribution is 2.72. The standard InChI is InChI=1S/C9H22O12P4/c10-22(11,12)7-3-1-5-9(24(16,17)18,25(19,20)21)6-2-4-8-23(13,14)15/h1,3H,2,4-8H2,(H2,10,11,12)(H2,13,14,15)(H2,16,17,18)(H2,19,20,21)/b3-1+. The predicted octanol–water partition coefficient (Wildman–Crippen LogP) is 0.510. The molecule has 0 rings (SSSR count). The average Bonchev–Trinajstić information content (AvgIpc) is 2.31. The van der Waals surface area contributed by atoms with Crippen molar-refractivity contribution in [1.82, 2.24) is 0 Å². The Labute approximate surface area is 143 Å². The van der Waals surface area contributed by atoms with Gasteiger partial charge >= 0.3 is 30.4 Å². The van der Waals surface area contributed by atoms with Gasteiger partial charge in [-0.3, -0.25) is 18.3 Å². The van der Waals surface area contributed by atoms with E-state index < -0.39 is 60.4 Å². The van der Waals surface area contributed by atoms with Crippen LogP contribution in [-0.2, 0) is 18.3 Å². The lowest BCUT2D eigenvalue weighted by molar-refractivity contribution is 0.299. The molecular formula is C9H22O12P4. The number of unbranched alkanes of at least 4 members (excludes halogenated alkanes) is 1. The second-order valence-corrected chi connectivity index (χ2v) is 13.2. The van der Waals surface area contributed by atoms with Crippen molar-refractivity contribution in [1.29, 1.82) is 0 Å². The normalized spacial score (nSPS) is 15.0. The zero-order valence-corrected chi connectivity index (χ0v) is 16.5. The molecule has 0 aliphatic carbocycles. The van der Waals surface area contributed by atoms with E-state index in [1.807, 2.05) is 0 Å². The fraction of sp³-hybridized carbons (Fsp3) is 0.778. The maximum Gasteiger partial charge on any atom is 0.344 e. The van der Waals surface area contributed by atoms with Crippen LogP contribution in [0.5, 0.6) is 0 Å². The van der Waals surface area contributed by atoms with E-state index in [1.54, 1.807) is 0 Å². The third-order valence-electron chi connectivity index (χ3n) is 3.32. The molecule has 8 N–H and O–H groups in total. The van der Waals surface area contributed by atoms with E-state index in [0.717, 1.165) is 12.2 Å². The minimum absolute atomic E-state index is 0.224. The number of allylic oxidation sites excluding steroid dienone is 2. The number of rotatable bonds is 11. The Balaban J connectivity index is 5.42. The molecule has 150 valence electrons. The molecule has 0 aromatic rings. The average molecular weight is 446 g/mol. The Bertz CT molecular complexity index is 625. The van der Waals surface area contributed by atoms with Gasteiger partial charge in [0.2, 0.25) is 0 Å². The topological polar surface area (TPSA) is 230 Å². The van der Waals surface area contributed by atoms with Crippen molar-refractivity contribution in [2.75, 3.05) is 12.3 Å². The van der Waals surface area contributed by atoms with Crippen LogP contribution in [0.2, 0.25) is 0 Å². The summed E-state index contributed by atoms with van der Waals surface area (Å²) in [5.41, 5.74) is 0. The van der Waals surface area contributed by atoms with Crippen molar-refractivity contribution < 1.29 is 57.4 Å². The van der Waals surface area contributed by atoms with Crippen LogP contribution in [0.25, 0.3) is 0 Å². The quantitative estimate of drug-likeness (QED) is 0.123. The van der Waals surface area contributed by atoms with Crippen molar-refractivity contribution in [3.63, 3.8) is 0 Å². The molecule has 0 radical (unpaired) electrons. The molecule has 16 heteroatoms. The molecule has 0 unspecified atom stereocenters. The Morgan fingerprint density at radius 2 is 1.16 bits per heavy atom. The van der Waals surface area contributed by atoms with Crippen LogP contribution >= 0.6 is 30.4 Å². The van der Waals surface area contributed by atoms with Gasteiger partial charge in [-0.25, -0.2) is 0 Å². The molecule has 0 atom stereocenters. The minimum Gasteiger partial charge on any atom is -0.324 e. The van der Waals surface area contributed by atoms with E-state index in [2.05, 4.69) is 0 Å². The van der Waals surface area contributed by atoms with Crippen LogP contribution < -0.4 is 0 Å². The molecule has 25 heavy (non-hydrogen) atoms. The van der Waals surface area contributed by atoms with Crippen molar-refractivity contribution >= 4 is 30.4 Å². The lowest BCUT2D eigenvalue weighted by Gasteiger charge is -2.34. The predicted molar refractivity (Wildman–Crippen MR) is 88.2 cm³/mol. The first-order valence-electron chi connectivity index (χ1n) is 6.77. The first kappa shape index (κ1) is 25.3. The molecule has 0 aliphatic heterocycles. The second-order valence-electron chi connectivity index (χ2n) is 5.44. The van der Waals surface area contributed by atoms with Crippen LogP contribution in [0.3, 0.4) is 0 Å². The smallest absolute Gasteiger partial charge is 0.324 e. The van der Waals surface area contributed by atoms with Crippen LogP contribution in [0.15, 0.2) is 12.2 Å². The Morgan fingerprint density at radius 1 is 0.680 bits per heavy atom. The highest BCUT2D eigenvalue weighted by Gasteiger charge is 2.58. The molecule has 0 aromatic heterocycles. The maximum absolute atomic E-state index is 11.7. The van der Waals surface area contributed by atoms with Crippen LogP contribution in [0.4, 0.5) is 0 Å². The van der Waals surface area contributed by atoms with Crippen molar-refractivity contribution in [2.24, 2.45) is 0 Å². The summed E-state index contributed by atoms with van der Waals surface area (Å²) in [5.74, 6) is 0. The fourth-order valence-corrected chi connectivity index (χ4v) is 6.01. The van der Waals surface area contributed by atoms with Gasteiger partial charge in [0.1, 0.15) is 0 Å². The summed E-state index contributed by atoms with van der Waals surface area (Å²) < 4.78 is 45.0. The van der Waals surface area contributed by atoms with E-state index in [-0.39, 0.29) is 12.8 Å². The second kappa shape index (κ2) is 9.02. The summed E-state index contributed by atoms with van der Waals surface area (Å²) in [6.45, 7) is 0. The molecule has 0 saturated heterocycles. The molecule has 0 bridgehead atoms. The molecule has 0 aromatic carbocycles. The van der Waals surface area contributed by atoms with Crippen LogP contribution in [0, 0.1) is 0 Å². The first-order chi connectivity index (χ1) is 10.9. The van der Waals surface area contributed by atoms with Gasteiger partial charge in [0.15, 0.2) is 4.90 Å². The third-order valence-corrected chi connectivity index (χ3v) is 9.45. The van der Waals surface area contributed by atoms with Gasteiger partial charge in [-0.1, -0.05) is 18.6 Å². The Hall–Kier alpha value is 0.340. The lowest BCUT2D eigenvalue weighted by atomic mass is 10.1. The van der Waals surface area contributed by atoms with Crippen LogP contribution in [-0.4, -0.2) is 56.4 Å². The van der Waals surface area contributed by atoms with Gasteiger partial charge in [-0.05, 0) is 19.3 Å². The summed E-state index contributed by atoms with van der Waals surface area (Å²) >= 11 is 0. The molecule has 0 fully saturated rings. The van der Waals surface area contributed by atoms with Gasteiger partial charge in [-0.15, -0.1) is 0 Å². The molecule has 0 heterocycles. The third kappa shape index (κ3) is 9.20. The summed E-state index contributed by atoms with van der Waals surface area (Å²) in [6, 6.07) is 0. The van der Waals surface area contributed by atoms with Crippen LogP contribution in [0.1, 0.15) is 25.7 Å². The SMILES string of the molecule is O=P(O)(O)C/C=C/CC(CCCCP(=O)(O)O)(P(=O)(O)O)P(=O)(O)O. The largest absolute Gasteiger partial charge is 0.344 e. The highest BCUT2D eigenvalue weighted by atomic mass is 31.2. The summed E-state index contributed by atoms with van der Waals surface area (Å²) in [4.78, 5) is 69.9. The molecular weight excluding hydrogens is 424 g/mol. The van der Waals surface area contributed by atoms with E-state index in [0.29, 0.717) is 0 Å². The van der Waals surface area contributed by atoms with Gasteiger partial charge in [-0.2, -0.15) is 0 Å².